The predicted octanol–water partition coefficient (Wildman–Crippen LogP) is 8.65. The Morgan fingerprint density at radius 2 is 1.76 bits per heavy atom. The van der Waals surface area contributed by atoms with Gasteiger partial charge in [-0.15, -0.1) is 11.3 Å². The van der Waals surface area contributed by atoms with E-state index in [0.717, 1.165) is 21.6 Å². The van der Waals surface area contributed by atoms with Crippen LogP contribution in [0, 0.1) is 5.82 Å². The fourth-order valence-electron chi connectivity index (χ4n) is 5.58. The molecule has 1 atom stereocenters. The van der Waals surface area contributed by atoms with Gasteiger partial charge in [0.05, 0.1) is 33.1 Å². The summed E-state index contributed by atoms with van der Waals surface area (Å²) in [5.41, 5.74) is 2.74. The maximum absolute atomic E-state index is 13.7. The second kappa shape index (κ2) is 16.7. The molecule has 1 unspecified atom stereocenters. The Morgan fingerprint density at radius 3 is 2.50 bits per heavy atom. The number of nitrogens with zero attached hydrogens (tertiary/aromatic N) is 4. The molecule has 6 rings (SSSR count). The first kappa shape index (κ1) is 38.3. The number of esters is 1. The highest BCUT2D eigenvalue weighted by atomic mass is 79.9. The van der Waals surface area contributed by atoms with Gasteiger partial charge in [0.25, 0.3) is 0 Å². The van der Waals surface area contributed by atoms with Crippen molar-refractivity contribution in [3.8, 4) is 39.2 Å². The molecule has 6 aromatic rings. The van der Waals surface area contributed by atoms with Crippen molar-refractivity contribution in [2.45, 2.75) is 58.3 Å². The lowest BCUT2D eigenvalue weighted by Gasteiger charge is -2.20. The molecule has 0 saturated heterocycles. The Bertz CT molecular complexity index is 2300. The summed E-state index contributed by atoms with van der Waals surface area (Å²) in [5.74, 6) is -0.376. The number of carboxylic acid groups (broad SMARTS) is 1. The molecule has 0 radical (unpaired) electrons. The normalized spacial score (nSPS) is 12.0. The molecule has 3 aromatic carbocycles. The van der Waals surface area contributed by atoms with Gasteiger partial charge in [-0.2, -0.15) is 0 Å². The second-order valence-corrected chi connectivity index (χ2v) is 14.9. The minimum atomic E-state index is -1.40. The lowest BCUT2D eigenvalue weighted by molar-refractivity contribution is -0.154. The molecule has 3 aromatic heterocycles. The number of fused-ring (bicyclic) bond motifs is 1. The van der Waals surface area contributed by atoms with Crippen molar-refractivity contribution >= 4 is 49.4 Å². The smallest absolute Gasteiger partial charge is 0.345 e. The quantitative estimate of drug-likeness (QED) is 0.106. The van der Waals surface area contributed by atoms with Gasteiger partial charge in [-0.05, 0) is 96.2 Å². The van der Waals surface area contributed by atoms with Gasteiger partial charge in [0.1, 0.15) is 40.7 Å². The van der Waals surface area contributed by atoms with Crippen LogP contribution in [0.2, 0.25) is 0 Å². The zero-order valence-electron chi connectivity index (χ0n) is 29.8. The van der Waals surface area contributed by atoms with E-state index >= 15 is 0 Å². The van der Waals surface area contributed by atoms with E-state index in [9.17, 15) is 19.1 Å². The SMILES string of the molecule is COc1ccccc1-c1nccc(COc2ccc(CCC(=O)OC(C)(C)C)cc2CC(Oc2ncnc3sc(-c4ccc(F)cc4)c(Br)c23)C(=O)O)n1. The van der Waals surface area contributed by atoms with E-state index in [4.69, 9.17) is 18.9 Å². The van der Waals surface area contributed by atoms with Gasteiger partial charge in [-0.25, -0.2) is 29.1 Å². The molecule has 0 aliphatic rings. The summed E-state index contributed by atoms with van der Waals surface area (Å²) in [6, 6.07) is 20.6. The van der Waals surface area contributed by atoms with E-state index in [1.807, 2.05) is 57.2 Å². The number of hydrogen-bond donors (Lipinski definition) is 1. The highest BCUT2D eigenvalue weighted by Gasteiger charge is 2.27. The summed E-state index contributed by atoms with van der Waals surface area (Å²) in [6.07, 6.45) is 1.91. The molecule has 0 spiro atoms. The van der Waals surface area contributed by atoms with Crippen LogP contribution in [0.4, 0.5) is 4.39 Å². The summed E-state index contributed by atoms with van der Waals surface area (Å²) >= 11 is 4.96. The van der Waals surface area contributed by atoms with E-state index in [0.29, 0.717) is 49.7 Å². The van der Waals surface area contributed by atoms with Crippen LogP contribution in [-0.2, 0) is 33.8 Å². The lowest BCUT2D eigenvalue weighted by atomic mass is 10.0. The van der Waals surface area contributed by atoms with Crippen LogP contribution in [0.1, 0.15) is 44.0 Å². The summed E-state index contributed by atoms with van der Waals surface area (Å²) in [6.45, 7) is 5.47. The number of methoxy groups -OCH3 is 1. The largest absolute Gasteiger partial charge is 0.496 e. The van der Waals surface area contributed by atoms with Crippen molar-refractivity contribution in [2.24, 2.45) is 0 Å². The van der Waals surface area contributed by atoms with Crippen LogP contribution >= 0.6 is 27.3 Å². The molecular weight excluding hydrogens is 779 g/mol. The molecule has 0 aliphatic carbocycles. The number of carbonyl (C=O) groups is 2. The van der Waals surface area contributed by atoms with Gasteiger partial charge in [0, 0.05) is 19.0 Å². The topological polar surface area (TPSA) is 143 Å². The van der Waals surface area contributed by atoms with Gasteiger partial charge in [-0.1, -0.05) is 36.4 Å². The maximum Gasteiger partial charge on any atom is 0.345 e. The zero-order chi connectivity index (χ0) is 38.4. The monoisotopic (exact) mass is 814 g/mol. The van der Waals surface area contributed by atoms with Gasteiger partial charge < -0.3 is 24.1 Å². The molecule has 0 saturated carbocycles. The number of hydrogen-bond acceptors (Lipinski definition) is 11. The third-order valence-corrected chi connectivity index (χ3v) is 10.2. The van der Waals surface area contributed by atoms with Crippen LogP contribution < -0.4 is 14.2 Å². The predicted molar refractivity (Wildman–Crippen MR) is 205 cm³/mol. The number of ether oxygens (including phenoxy) is 4. The Balaban J connectivity index is 1.29. The van der Waals surface area contributed by atoms with Crippen molar-refractivity contribution in [3.05, 3.63) is 112 Å². The van der Waals surface area contributed by atoms with E-state index in [1.54, 1.807) is 37.6 Å². The molecule has 0 aliphatic heterocycles. The standard InChI is InChI=1S/C40H36BrFN4O7S/c1-40(2,3)53-32(47)16-10-23-9-15-29(51-21-27-17-18-43-36(46-27)28-7-5-6-8-30(28)50-4)25(19-23)20-31(39(48)49)52-37-33-34(41)35(54-38(33)45-22-44-37)24-11-13-26(42)14-12-24/h5-9,11-15,17-19,22,31H,10,16,20-21H2,1-4H3,(H,48,49). The van der Waals surface area contributed by atoms with E-state index in [1.165, 1.54) is 29.8 Å². The molecule has 11 nitrogen and oxygen atoms in total. The van der Waals surface area contributed by atoms with Gasteiger partial charge in [0.15, 0.2) is 5.82 Å². The molecule has 0 bridgehead atoms. The molecule has 278 valence electrons. The number of para-hydroxylation sites is 1. The Kier molecular flexibility index (Phi) is 11.8. The summed E-state index contributed by atoms with van der Waals surface area (Å²) < 4.78 is 37.6. The number of aryl methyl sites for hydroxylation is 1. The lowest BCUT2D eigenvalue weighted by Crippen LogP contribution is -2.30. The van der Waals surface area contributed by atoms with Crippen molar-refractivity contribution in [1.29, 1.82) is 0 Å². The summed E-state index contributed by atoms with van der Waals surface area (Å²) in [7, 11) is 1.58. The Labute approximate surface area is 323 Å². The highest BCUT2D eigenvalue weighted by Crippen LogP contribution is 2.44. The van der Waals surface area contributed by atoms with E-state index < -0.39 is 17.7 Å². The molecule has 3 heterocycles. The van der Waals surface area contributed by atoms with Crippen molar-refractivity contribution in [1.82, 2.24) is 19.9 Å². The molecular formula is C40H36BrFN4O7S. The van der Waals surface area contributed by atoms with Crippen LogP contribution in [0.25, 0.3) is 32.0 Å². The number of rotatable bonds is 14. The number of benzene rings is 3. The highest BCUT2D eigenvalue weighted by molar-refractivity contribution is 9.10. The van der Waals surface area contributed by atoms with Crippen LogP contribution in [-0.4, -0.2) is 55.8 Å². The zero-order valence-corrected chi connectivity index (χ0v) is 32.2. The van der Waals surface area contributed by atoms with E-state index in [-0.39, 0.29) is 37.1 Å². The average molecular weight is 816 g/mol. The molecule has 54 heavy (non-hydrogen) atoms. The van der Waals surface area contributed by atoms with Gasteiger partial charge in [-0.3, -0.25) is 4.79 Å². The Hall–Kier alpha value is -5.47. The summed E-state index contributed by atoms with van der Waals surface area (Å²) in [4.78, 5) is 44.4. The third kappa shape index (κ3) is 9.36. The number of aromatic nitrogens is 4. The second-order valence-electron chi connectivity index (χ2n) is 13.1. The van der Waals surface area contributed by atoms with Crippen LogP contribution in [0.15, 0.2) is 89.8 Å². The van der Waals surface area contributed by atoms with Crippen LogP contribution in [0.3, 0.4) is 0 Å². The maximum atomic E-state index is 13.7. The van der Waals surface area contributed by atoms with Crippen molar-refractivity contribution < 1.29 is 38.0 Å². The van der Waals surface area contributed by atoms with E-state index in [2.05, 4.69) is 35.9 Å². The van der Waals surface area contributed by atoms with Crippen molar-refractivity contribution in [3.63, 3.8) is 0 Å². The molecule has 0 fully saturated rings. The first-order chi connectivity index (χ1) is 25.9. The van der Waals surface area contributed by atoms with Gasteiger partial charge in [0.2, 0.25) is 12.0 Å². The molecule has 14 heteroatoms. The number of thiophene rings is 1. The molecule has 0 amide bonds. The Morgan fingerprint density at radius 1 is 0.981 bits per heavy atom. The number of halogens is 2. The minimum Gasteiger partial charge on any atom is -0.496 e. The fourth-order valence-corrected chi connectivity index (χ4v) is 7.57. The first-order valence-corrected chi connectivity index (χ1v) is 18.5. The van der Waals surface area contributed by atoms with Crippen LogP contribution in [0.5, 0.6) is 17.4 Å². The minimum absolute atomic E-state index is 0.0497. The number of aliphatic carboxylic acids is 1. The first-order valence-electron chi connectivity index (χ1n) is 16.9. The number of carbonyl (C=O) groups excluding carboxylic acids is 1. The van der Waals surface area contributed by atoms with Gasteiger partial charge >= 0.3 is 11.9 Å². The van der Waals surface area contributed by atoms with Crippen molar-refractivity contribution in [2.75, 3.05) is 7.11 Å². The summed E-state index contributed by atoms with van der Waals surface area (Å²) in [5, 5.41) is 10.9. The number of carboxylic acids is 1. The molecule has 1 N–H and O–H groups in total. The fraction of sp³-hybridized carbons (Fsp3) is 0.250. The average Bonchev–Trinajstić information content (AvgIpc) is 3.49. The third-order valence-electron chi connectivity index (χ3n) is 8.04.